The second kappa shape index (κ2) is 4.96. The monoisotopic (exact) mass is 288 g/mol. The van der Waals surface area contributed by atoms with Crippen molar-refractivity contribution in [2.75, 3.05) is 0 Å². The molecular formula is C17H12N4O. The quantitative estimate of drug-likeness (QED) is 0.615. The first-order valence-electron chi connectivity index (χ1n) is 6.87. The van der Waals surface area contributed by atoms with E-state index < -0.39 is 0 Å². The van der Waals surface area contributed by atoms with Crippen LogP contribution in [0, 0.1) is 0 Å². The third-order valence-electron chi connectivity index (χ3n) is 3.48. The lowest BCUT2D eigenvalue weighted by atomic mass is 10.1. The van der Waals surface area contributed by atoms with E-state index in [1.54, 1.807) is 18.3 Å². The first-order valence-corrected chi connectivity index (χ1v) is 6.87. The van der Waals surface area contributed by atoms with Crippen molar-refractivity contribution in [2.45, 2.75) is 0 Å². The van der Waals surface area contributed by atoms with Gasteiger partial charge in [0.05, 0.1) is 0 Å². The summed E-state index contributed by atoms with van der Waals surface area (Å²) in [6.07, 6.45) is 3.68. The number of pyridine rings is 2. The average molecular weight is 288 g/mol. The number of nitrogens with zero attached hydrogens (tertiary/aromatic N) is 4. The van der Waals surface area contributed by atoms with Crippen LogP contribution in [0.25, 0.3) is 28.3 Å². The van der Waals surface area contributed by atoms with Crippen molar-refractivity contribution in [1.82, 2.24) is 19.6 Å². The molecule has 22 heavy (non-hydrogen) atoms. The van der Waals surface area contributed by atoms with Crippen molar-refractivity contribution in [3.8, 4) is 28.4 Å². The number of fused-ring (bicyclic) bond motifs is 1. The molecule has 1 N–H and O–H groups in total. The molecule has 4 aromatic rings. The third-order valence-corrected chi connectivity index (χ3v) is 3.48. The van der Waals surface area contributed by atoms with Gasteiger partial charge in [-0.05, 0) is 47.5 Å². The van der Waals surface area contributed by atoms with Crippen LogP contribution in [-0.2, 0) is 0 Å². The van der Waals surface area contributed by atoms with E-state index in [2.05, 4.69) is 15.2 Å². The van der Waals surface area contributed by atoms with Crippen LogP contribution in [-0.4, -0.2) is 24.7 Å². The fraction of sp³-hybridized carbons (Fsp3) is 0. The molecule has 3 aromatic heterocycles. The highest BCUT2D eigenvalue weighted by molar-refractivity contribution is 5.67. The van der Waals surface area contributed by atoms with Gasteiger partial charge in [-0.3, -0.25) is 9.38 Å². The predicted octanol–water partition coefficient (Wildman–Crippen LogP) is 3.16. The van der Waals surface area contributed by atoms with Crippen LogP contribution in [0.3, 0.4) is 0 Å². The molecule has 0 saturated heterocycles. The molecule has 0 aliphatic rings. The van der Waals surface area contributed by atoms with E-state index in [4.69, 9.17) is 0 Å². The van der Waals surface area contributed by atoms with Crippen LogP contribution >= 0.6 is 0 Å². The third kappa shape index (κ3) is 2.09. The molecule has 0 saturated carbocycles. The molecule has 0 unspecified atom stereocenters. The number of hydrogen-bond acceptors (Lipinski definition) is 4. The van der Waals surface area contributed by atoms with Crippen LogP contribution in [0.4, 0.5) is 0 Å². The summed E-state index contributed by atoms with van der Waals surface area (Å²) >= 11 is 0. The van der Waals surface area contributed by atoms with E-state index in [1.165, 1.54) is 0 Å². The normalized spacial score (nSPS) is 10.9. The minimum absolute atomic E-state index is 0.242. The highest BCUT2D eigenvalue weighted by Gasteiger charge is 2.10. The summed E-state index contributed by atoms with van der Waals surface area (Å²) in [5.74, 6) is 0.934. The Morgan fingerprint density at radius 2 is 1.82 bits per heavy atom. The Hall–Kier alpha value is -3.21. The maximum atomic E-state index is 9.64. The van der Waals surface area contributed by atoms with Gasteiger partial charge < -0.3 is 5.11 Å². The van der Waals surface area contributed by atoms with Gasteiger partial charge in [0.25, 0.3) is 0 Å². The second-order valence-electron chi connectivity index (χ2n) is 4.93. The summed E-state index contributed by atoms with van der Waals surface area (Å²) in [5.41, 5.74) is 3.43. The van der Waals surface area contributed by atoms with Crippen molar-refractivity contribution < 1.29 is 5.11 Å². The molecule has 106 valence electrons. The van der Waals surface area contributed by atoms with Crippen LogP contribution in [0.2, 0.25) is 0 Å². The number of aromatic nitrogens is 4. The van der Waals surface area contributed by atoms with Gasteiger partial charge in [-0.15, -0.1) is 10.2 Å². The molecule has 0 aliphatic carbocycles. The van der Waals surface area contributed by atoms with Crippen LogP contribution in [0.15, 0.2) is 67.0 Å². The van der Waals surface area contributed by atoms with E-state index in [9.17, 15) is 5.11 Å². The molecule has 0 fully saturated rings. The lowest BCUT2D eigenvalue weighted by Crippen LogP contribution is -1.92. The van der Waals surface area contributed by atoms with E-state index >= 15 is 0 Å². The number of benzene rings is 1. The van der Waals surface area contributed by atoms with Crippen molar-refractivity contribution in [3.63, 3.8) is 0 Å². The fourth-order valence-corrected chi connectivity index (χ4v) is 2.42. The summed E-state index contributed by atoms with van der Waals surface area (Å²) in [6, 6.07) is 16.7. The second-order valence-corrected chi connectivity index (χ2v) is 4.93. The Morgan fingerprint density at radius 1 is 0.864 bits per heavy atom. The minimum atomic E-state index is 0.242. The van der Waals surface area contributed by atoms with E-state index in [1.807, 2.05) is 53.1 Å². The Morgan fingerprint density at radius 3 is 2.64 bits per heavy atom. The lowest BCUT2D eigenvalue weighted by Gasteiger charge is -2.05. The van der Waals surface area contributed by atoms with E-state index in [0.29, 0.717) is 5.82 Å². The molecule has 1 aromatic carbocycles. The highest BCUT2D eigenvalue weighted by atomic mass is 16.3. The topological polar surface area (TPSA) is 63.3 Å². The van der Waals surface area contributed by atoms with E-state index in [0.717, 1.165) is 22.5 Å². The first kappa shape index (κ1) is 12.5. The zero-order valence-corrected chi connectivity index (χ0v) is 11.6. The van der Waals surface area contributed by atoms with Gasteiger partial charge in [-0.2, -0.15) is 0 Å². The van der Waals surface area contributed by atoms with Gasteiger partial charge in [-0.25, -0.2) is 0 Å². The Labute approximate surface area is 126 Å². The summed E-state index contributed by atoms with van der Waals surface area (Å²) in [4.78, 5) is 4.32. The zero-order chi connectivity index (χ0) is 14.9. The zero-order valence-electron chi connectivity index (χ0n) is 11.6. The van der Waals surface area contributed by atoms with Crippen LogP contribution in [0.5, 0.6) is 5.75 Å². The van der Waals surface area contributed by atoms with Gasteiger partial charge >= 0.3 is 0 Å². The molecule has 0 amide bonds. The van der Waals surface area contributed by atoms with Crippen molar-refractivity contribution in [3.05, 3.63) is 67.0 Å². The van der Waals surface area contributed by atoms with Gasteiger partial charge in [0.2, 0.25) is 0 Å². The Kier molecular flexibility index (Phi) is 2.83. The SMILES string of the molecule is Oc1cccc(-c2ccc3nnc(-c4ccccn4)n3c2)c1. The maximum absolute atomic E-state index is 9.64. The number of hydrogen-bond donors (Lipinski definition) is 1. The van der Waals surface area contributed by atoms with Gasteiger partial charge in [0.1, 0.15) is 11.4 Å². The van der Waals surface area contributed by atoms with Crippen molar-refractivity contribution in [2.24, 2.45) is 0 Å². The van der Waals surface area contributed by atoms with Crippen LogP contribution < -0.4 is 0 Å². The largest absolute Gasteiger partial charge is 0.508 e. The number of rotatable bonds is 2. The highest BCUT2D eigenvalue weighted by Crippen LogP contribution is 2.25. The molecule has 5 nitrogen and oxygen atoms in total. The number of aromatic hydroxyl groups is 1. The summed E-state index contributed by atoms with van der Waals surface area (Å²) in [5, 5.41) is 18.0. The molecule has 0 atom stereocenters. The van der Waals surface area contributed by atoms with Gasteiger partial charge in [-0.1, -0.05) is 18.2 Å². The standard InChI is InChI=1S/C17H12N4O/c22-14-5-3-4-12(10-14)13-7-8-16-19-20-17(21(16)11-13)15-6-1-2-9-18-15/h1-11,22H. The fourth-order valence-electron chi connectivity index (χ4n) is 2.42. The van der Waals surface area contributed by atoms with Gasteiger partial charge in [0.15, 0.2) is 11.5 Å². The summed E-state index contributed by atoms with van der Waals surface area (Å²) in [7, 11) is 0. The van der Waals surface area contributed by atoms with Crippen LogP contribution in [0.1, 0.15) is 0 Å². The smallest absolute Gasteiger partial charge is 0.187 e. The van der Waals surface area contributed by atoms with Crippen molar-refractivity contribution >= 4 is 5.65 Å². The van der Waals surface area contributed by atoms with E-state index in [-0.39, 0.29) is 5.75 Å². The van der Waals surface area contributed by atoms with Crippen molar-refractivity contribution in [1.29, 1.82) is 0 Å². The molecule has 0 aliphatic heterocycles. The maximum Gasteiger partial charge on any atom is 0.187 e. The molecule has 3 heterocycles. The Bertz CT molecular complexity index is 947. The average Bonchev–Trinajstić information content (AvgIpc) is 2.99. The Balaban J connectivity index is 1.90. The first-order chi connectivity index (χ1) is 10.8. The molecular weight excluding hydrogens is 276 g/mol. The minimum Gasteiger partial charge on any atom is -0.508 e. The predicted molar refractivity (Wildman–Crippen MR) is 83.3 cm³/mol. The molecule has 0 bridgehead atoms. The summed E-state index contributed by atoms with van der Waals surface area (Å²) in [6.45, 7) is 0. The molecule has 5 heteroatoms. The summed E-state index contributed by atoms with van der Waals surface area (Å²) < 4.78 is 1.90. The lowest BCUT2D eigenvalue weighted by molar-refractivity contribution is 0.475. The molecule has 4 rings (SSSR count). The molecule has 0 spiro atoms. The molecule has 0 radical (unpaired) electrons. The number of phenols is 1. The number of phenolic OH excluding ortho intramolecular Hbond substituents is 1. The van der Waals surface area contributed by atoms with Gasteiger partial charge in [0, 0.05) is 12.4 Å².